The van der Waals surface area contributed by atoms with E-state index in [4.69, 9.17) is 16.6 Å². The Kier molecular flexibility index (Phi) is 11.5. The van der Waals surface area contributed by atoms with Gasteiger partial charge in [0.05, 0.1) is 5.71 Å². The molecule has 0 amide bonds. The lowest BCUT2D eigenvalue weighted by molar-refractivity contribution is 0.251. The van der Waals surface area contributed by atoms with Gasteiger partial charge in [-0.25, -0.2) is 0 Å². The molecule has 41 heavy (non-hydrogen) atoms. The number of hydrogen-bond acceptors (Lipinski definition) is 5. The molecule has 4 heterocycles. The summed E-state index contributed by atoms with van der Waals surface area (Å²) in [6.07, 6.45) is 20.8. The molecule has 0 saturated carbocycles. The first-order chi connectivity index (χ1) is 20.2. The zero-order valence-electron chi connectivity index (χ0n) is 25.3. The van der Waals surface area contributed by atoms with Gasteiger partial charge in [0.2, 0.25) is 0 Å². The van der Waals surface area contributed by atoms with E-state index in [1.54, 1.807) is 0 Å². The molecule has 0 spiro atoms. The van der Waals surface area contributed by atoms with E-state index in [0.717, 1.165) is 47.5 Å². The third-order valence-corrected chi connectivity index (χ3v) is 10.3. The van der Waals surface area contributed by atoms with Crippen molar-refractivity contribution in [3.8, 4) is 5.00 Å². The topological polar surface area (TPSA) is 46.3 Å². The van der Waals surface area contributed by atoms with Gasteiger partial charge in [0.15, 0.2) is 5.82 Å². The number of hydrogen-bond donors (Lipinski definition) is 0. The van der Waals surface area contributed by atoms with Crippen molar-refractivity contribution in [1.29, 1.82) is 0 Å². The summed E-state index contributed by atoms with van der Waals surface area (Å²) in [6.45, 7) is 8.19. The molecule has 0 radical (unpaired) electrons. The molecule has 5 rings (SSSR count). The molecular weight excluding hydrogens is 546 g/mol. The smallest absolute Gasteiger partial charge is 0.160 e. The summed E-state index contributed by atoms with van der Waals surface area (Å²) in [5, 5.41) is 10.8. The second-order valence-corrected chi connectivity index (χ2v) is 13.4. The van der Waals surface area contributed by atoms with Crippen LogP contribution in [0.25, 0.3) is 5.00 Å². The Balaban J connectivity index is 1.11. The molecule has 0 unspecified atom stereocenters. The van der Waals surface area contributed by atoms with E-state index in [-0.39, 0.29) is 0 Å². The minimum Gasteiger partial charge on any atom is -0.298 e. The van der Waals surface area contributed by atoms with Crippen molar-refractivity contribution in [2.75, 3.05) is 13.1 Å². The van der Waals surface area contributed by atoms with Crippen LogP contribution in [0, 0.1) is 6.92 Å². The lowest BCUT2D eigenvalue weighted by Crippen LogP contribution is -2.31. The van der Waals surface area contributed by atoms with Gasteiger partial charge in [0, 0.05) is 34.1 Å². The predicted molar refractivity (Wildman–Crippen MR) is 174 cm³/mol. The van der Waals surface area contributed by atoms with Gasteiger partial charge in [-0.1, -0.05) is 120 Å². The highest BCUT2D eigenvalue weighted by Gasteiger charge is 2.32. The van der Waals surface area contributed by atoms with Crippen LogP contribution in [0.5, 0.6) is 0 Å². The van der Waals surface area contributed by atoms with E-state index in [1.807, 2.05) is 30.4 Å². The monoisotopic (exact) mass is 593 g/mol. The third kappa shape index (κ3) is 7.69. The Morgan fingerprint density at radius 1 is 0.854 bits per heavy atom. The summed E-state index contributed by atoms with van der Waals surface area (Å²) in [5.41, 5.74) is 4.71. The highest BCUT2D eigenvalue weighted by atomic mass is 35.5. The lowest BCUT2D eigenvalue weighted by atomic mass is 9.95. The van der Waals surface area contributed by atoms with Crippen LogP contribution in [0.2, 0.25) is 5.02 Å². The number of benzene rings is 1. The van der Waals surface area contributed by atoms with Gasteiger partial charge in [-0.3, -0.25) is 14.5 Å². The van der Waals surface area contributed by atoms with Crippen LogP contribution in [0.1, 0.15) is 130 Å². The molecule has 2 aliphatic heterocycles. The van der Waals surface area contributed by atoms with E-state index in [2.05, 4.69) is 38.7 Å². The summed E-state index contributed by atoms with van der Waals surface area (Å²) in [6, 6.07) is 8.10. The van der Waals surface area contributed by atoms with Crippen LogP contribution < -0.4 is 0 Å². The van der Waals surface area contributed by atoms with Crippen LogP contribution in [0.15, 0.2) is 29.3 Å². The summed E-state index contributed by atoms with van der Waals surface area (Å²) in [5.74, 6) is 1.83. The number of rotatable bonds is 16. The summed E-state index contributed by atoms with van der Waals surface area (Å²) >= 11 is 8.60. The van der Waals surface area contributed by atoms with Gasteiger partial charge in [-0.2, -0.15) is 0 Å². The average molecular weight is 594 g/mol. The van der Waals surface area contributed by atoms with E-state index >= 15 is 0 Å². The number of unbranched alkanes of at least 4 members (excludes halogenated alkanes) is 13. The van der Waals surface area contributed by atoms with E-state index in [9.17, 15) is 0 Å². The van der Waals surface area contributed by atoms with Crippen LogP contribution in [0.3, 0.4) is 0 Å². The summed E-state index contributed by atoms with van der Waals surface area (Å²) < 4.78 is 2.23. The van der Waals surface area contributed by atoms with Gasteiger partial charge >= 0.3 is 0 Å². The Morgan fingerprint density at radius 3 is 2.20 bits per heavy atom. The van der Waals surface area contributed by atoms with Crippen LogP contribution in [-0.4, -0.2) is 38.5 Å². The second kappa shape index (κ2) is 15.5. The molecule has 1 aromatic carbocycles. The van der Waals surface area contributed by atoms with Gasteiger partial charge < -0.3 is 0 Å². The third-order valence-electron chi connectivity index (χ3n) is 8.78. The SMILES string of the molecule is CCCCCCCCCCCCCCCCN1CCc2c(sc3c2C(c2ccccc2Cl)=NCc2nnc(C)n2-3)C1. The fourth-order valence-electron chi connectivity index (χ4n) is 6.44. The Bertz CT molecular complexity index is 1290. The molecule has 0 bridgehead atoms. The zero-order chi connectivity index (χ0) is 28.4. The number of fused-ring (bicyclic) bond motifs is 5. The highest BCUT2D eigenvalue weighted by Crippen LogP contribution is 2.40. The van der Waals surface area contributed by atoms with E-state index in [0.29, 0.717) is 6.54 Å². The maximum absolute atomic E-state index is 6.70. The van der Waals surface area contributed by atoms with E-state index in [1.165, 1.54) is 117 Å². The van der Waals surface area contributed by atoms with Gasteiger partial charge in [0.25, 0.3) is 0 Å². The first kappa shape index (κ1) is 30.4. The molecule has 7 heteroatoms. The maximum atomic E-state index is 6.70. The lowest BCUT2D eigenvalue weighted by Gasteiger charge is -2.27. The van der Waals surface area contributed by atoms with E-state index < -0.39 is 0 Å². The molecular formula is C34H48ClN5S. The molecule has 2 aromatic heterocycles. The number of aryl methyl sites for hydroxylation is 1. The summed E-state index contributed by atoms with van der Waals surface area (Å²) in [7, 11) is 0. The minimum atomic E-state index is 0.517. The van der Waals surface area contributed by atoms with Crippen molar-refractivity contribution in [3.63, 3.8) is 0 Å². The quantitative estimate of drug-likeness (QED) is 0.155. The number of aromatic nitrogens is 3. The molecule has 3 aromatic rings. The molecule has 2 aliphatic rings. The van der Waals surface area contributed by atoms with Crippen molar-refractivity contribution in [2.45, 2.75) is 123 Å². The number of halogens is 1. The maximum Gasteiger partial charge on any atom is 0.160 e. The van der Waals surface area contributed by atoms with Crippen LogP contribution >= 0.6 is 22.9 Å². The normalized spacial score (nSPS) is 14.9. The molecule has 0 fully saturated rings. The average Bonchev–Trinajstić information content (AvgIpc) is 3.48. The zero-order valence-corrected chi connectivity index (χ0v) is 26.8. The highest BCUT2D eigenvalue weighted by molar-refractivity contribution is 7.15. The fraction of sp³-hybridized carbons (Fsp3) is 0.618. The van der Waals surface area contributed by atoms with Crippen molar-refractivity contribution in [3.05, 3.63) is 62.5 Å². The number of thiophene rings is 1. The van der Waals surface area contributed by atoms with Crippen molar-refractivity contribution in [1.82, 2.24) is 19.7 Å². The van der Waals surface area contributed by atoms with Gasteiger partial charge in [-0.05, 0) is 37.9 Å². The Morgan fingerprint density at radius 2 is 1.51 bits per heavy atom. The molecule has 0 aliphatic carbocycles. The first-order valence-corrected chi connectivity index (χ1v) is 17.4. The fourth-order valence-corrected chi connectivity index (χ4v) is 8.12. The number of aliphatic imine (C=N–C) groups is 1. The minimum absolute atomic E-state index is 0.517. The van der Waals surface area contributed by atoms with Gasteiger partial charge in [-0.15, -0.1) is 21.5 Å². The van der Waals surface area contributed by atoms with Crippen molar-refractivity contribution < 1.29 is 0 Å². The Labute approximate surface area is 256 Å². The van der Waals surface area contributed by atoms with Crippen LogP contribution in [-0.2, 0) is 19.5 Å². The molecule has 0 saturated heterocycles. The molecule has 0 N–H and O–H groups in total. The largest absolute Gasteiger partial charge is 0.298 e. The summed E-state index contributed by atoms with van der Waals surface area (Å²) in [4.78, 5) is 9.19. The molecule has 5 nitrogen and oxygen atoms in total. The standard InChI is InChI=1S/C34H48ClN5S/c1-3-4-5-6-7-8-9-10-11-12-13-14-15-18-22-39-23-21-28-30(25-39)41-34-32(28)33(27-19-16-17-20-29(27)35)36-24-31-38-37-26(2)40(31)34/h16-17,19-20H,3-15,18,21-25H2,1-2H3. The molecule has 0 atom stereocenters. The van der Waals surface area contributed by atoms with Crippen molar-refractivity contribution >= 4 is 28.6 Å². The molecule has 222 valence electrons. The first-order valence-electron chi connectivity index (χ1n) is 16.2. The Hall–Kier alpha value is -2.02. The van der Waals surface area contributed by atoms with Gasteiger partial charge in [0.1, 0.15) is 17.4 Å². The predicted octanol–water partition coefficient (Wildman–Crippen LogP) is 9.48. The van der Waals surface area contributed by atoms with Crippen molar-refractivity contribution in [2.24, 2.45) is 4.99 Å². The second-order valence-electron chi connectivity index (χ2n) is 11.9. The number of nitrogens with zero attached hydrogens (tertiary/aromatic N) is 5. The van der Waals surface area contributed by atoms with Crippen LogP contribution in [0.4, 0.5) is 0 Å².